The van der Waals surface area contributed by atoms with Gasteiger partial charge in [-0.15, -0.1) is 0 Å². The maximum absolute atomic E-state index is 12.5. The molecule has 2 atom stereocenters. The van der Waals surface area contributed by atoms with Crippen LogP contribution in [0, 0.1) is 17.3 Å². The lowest BCUT2D eigenvalue weighted by molar-refractivity contribution is -0.384. The molecule has 248 valence electrons. The highest BCUT2D eigenvalue weighted by Gasteiger charge is 2.32. The number of aliphatic hydroxyl groups excluding tert-OH is 1. The van der Waals surface area contributed by atoms with E-state index in [9.17, 15) is 24.8 Å². The lowest BCUT2D eigenvalue weighted by Crippen LogP contribution is -2.45. The summed E-state index contributed by atoms with van der Waals surface area (Å²) in [5, 5.41) is 30.9. The molecule has 4 rings (SSSR count). The summed E-state index contributed by atoms with van der Waals surface area (Å²) in [7, 11) is 1.27. The van der Waals surface area contributed by atoms with Crippen molar-refractivity contribution < 1.29 is 38.6 Å². The summed E-state index contributed by atoms with van der Waals surface area (Å²) in [5.41, 5.74) is 5.26. The number of benzene rings is 3. The van der Waals surface area contributed by atoms with E-state index in [0.717, 1.165) is 12.7 Å². The Morgan fingerprint density at radius 1 is 1.13 bits per heavy atom. The highest BCUT2D eigenvalue weighted by molar-refractivity contribution is 14.1. The van der Waals surface area contributed by atoms with Crippen molar-refractivity contribution in [3.63, 3.8) is 0 Å². The lowest BCUT2D eigenvalue weighted by Gasteiger charge is -2.28. The second kappa shape index (κ2) is 16.6. The first kappa shape index (κ1) is 35.7. The van der Waals surface area contributed by atoms with Crippen molar-refractivity contribution in [3.05, 3.63) is 99.8 Å². The molecule has 3 aromatic carbocycles. The molecule has 47 heavy (non-hydrogen) atoms. The standard InChI is InChI=1S/C31H31I2N5O9/c1-4-45-25-13-20(28-27(30(40)44-3)17(2)35-31(41)36-28)8-9-24(25)46-16-26(39)37-34-14-19-11-22(32)29(23(33)12-19)47-15-18-6-5-7-21(10-18)38(42)43/h5-14,26,28,37,39H,4,15-16H2,1-3H3,(H2,35,36,41)/b34-14-/t26-,28-/m0/s1. The smallest absolute Gasteiger partial charge is 0.337 e. The average molecular weight is 871 g/mol. The van der Waals surface area contributed by atoms with E-state index in [2.05, 4.69) is 66.3 Å². The van der Waals surface area contributed by atoms with Crippen LogP contribution in [0.2, 0.25) is 0 Å². The van der Waals surface area contributed by atoms with E-state index < -0.39 is 29.2 Å². The SMILES string of the molecule is CCOc1cc([C@@H]2NC(=O)NC(C)=C2C(=O)OC)ccc1OC[C@H](O)N/N=C\c1cc(I)c(OCc2cccc([N+](=O)[O-])c2)c(I)c1. The number of nitro benzene ring substituents is 1. The van der Waals surface area contributed by atoms with Gasteiger partial charge >= 0.3 is 12.0 Å². The summed E-state index contributed by atoms with van der Waals surface area (Å²) in [5.74, 6) is 0.751. The quantitative estimate of drug-likeness (QED) is 0.0434. The van der Waals surface area contributed by atoms with E-state index in [4.69, 9.17) is 18.9 Å². The number of ether oxygens (including phenoxy) is 4. The second-order valence-corrected chi connectivity index (χ2v) is 12.3. The number of carbonyl (C=O) groups is 2. The third-order valence-corrected chi connectivity index (χ3v) is 8.24. The lowest BCUT2D eigenvalue weighted by atomic mass is 9.95. The molecular formula is C31H31I2N5O9. The number of hydrogen-bond donors (Lipinski definition) is 4. The van der Waals surface area contributed by atoms with Gasteiger partial charge in [-0.2, -0.15) is 5.10 Å². The molecule has 1 aliphatic rings. The van der Waals surface area contributed by atoms with Crippen molar-refractivity contribution in [3.8, 4) is 17.2 Å². The molecule has 2 amide bonds. The molecule has 0 saturated heterocycles. The predicted molar refractivity (Wildman–Crippen MR) is 188 cm³/mol. The monoisotopic (exact) mass is 871 g/mol. The number of amides is 2. The van der Waals surface area contributed by atoms with Crippen molar-refractivity contribution in [2.45, 2.75) is 32.7 Å². The summed E-state index contributed by atoms with van der Waals surface area (Å²) in [6.07, 6.45) is 0.372. The normalized spacial score (nSPS) is 15.0. The third-order valence-electron chi connectivity index (χ3n) is 6.63. The molecule has 0 bridgehead atoms. The minimum atomic E-state index is -1.17. The highest BCUT2D eigenvalue weighted by atomic mass is 127. The predicted octanol–water partition coefficient (Wildman–Crippen LogP) is 4.90. The molecule has 0 fully saturated rings. The van der Waals surface area contributed by atoms with Gasteiger partial charge in [0.2, 0.25) is 0 Å². The van der Waals surface area contributed by atoms with Crippen molar-refractivity contribution in [1.82, 2.24) is 16.1 Å². The first-order chi connectivity index (χ1) is 22.5. The van der Waals surface area contributed by atoms with Gasteiger partial charge in [0, 0.05) is 17.8 Å². The zero-order chi connectivity index (χ0) is 34.1. The Morgan fingerprint density at radius 2 is 1.87 bits per heavy atom. The maximum atomic E-state index is 12.5. The fourth-order valence-corrected chi connectivity index (χ4v) is 6.65. The summed E-state index contributed by atoms with van der Waals surface area (Å²) < 4.78 is 24.0. The molecule has 4 N–H and O–H groups in total. The van der Waals surface area contributed by atoms with Gasteiger partial charge in [-0.25, -0.2) is 9.59 Å². The molecule has 0 aliphatic carbocycles. The van der Waals surface area contributed by atoms with Crippen molar-refractivity contribution in [2.75, 3.05) is 20.3 Å². The fourth-order valence-electron chi connectivity index (χ4n) is 4.53. The summed E-state index contributed by atoms with van der Waals surface area (Å²) >= 11 is 4.28. The number of nitrogens with one attached hydrogen (secondary N) is 3. The number of nitro groups is 1. The highest BCUT2D eigenvalue weighted by Crippen LogP contribution is 2.35. The number of urea groups is 1. The van der Waals surface area contributed by atoms with E-state index in [1.165, 1.54) is 19.2 Å². The Bertz CT molecular complexity index is 1690. The molecule has 1 heterocycles. The van der Waals surface area contributed by atoms with E-state index in [-0.39, 0.29) is 24.5 Å². The van der Waals surface area contributed by atoms with Gasteiger partial charge in [0.1, 0.15) is 19.0 Å². The van der Waals surface area contributed by atoms with Crippen LogP contribution in [0.5, 0.6) is 17.2 Å². The first-order valence-electron chi connectivity index (χ1n) is 14.1. The van der Waals surface area contributed by atoms with Crippen molar-refractivity contribution in [1.29, 1.82) is 0 Å². The molecule has 1 aliphatic heterocycles. The zero-order valence-electron chi connectivity index (χ0n) is 25.4. The molecule has 0 aromatic heterocycles. The van der Waals surface area contributed by atoms with Crippen LogP contribution in [0.1, 0.15) is 36.6 Å². The Hall–Kier alpha value is -4.17. The van der Waals surface area contributed by atoms with Gasteiger partial charge in [-0.05, 0) is 100.0 Å². The number of methoxy groups -OCH3 is 1. The molecule has 16 heteroatoms. The summed E-state index contributed by atoms with van der Waals surface area (Å²) in [6, 6.07) is 13.7. The number of carbonyl (C=O) groups excluding carboxylic acids is 2. The van der Waals surface area contributed by atoms with Gasteiger partial charge in [-0.1, -0.05) is 18.2 Å². The largest absolute Gasteiger partial charge is 0.490 e. The van der Waals surface area contributed by atoms with Crippen LogP contribution in [-0.4, -0.2) is 54.8 Å². The van der Waals surface area contributed by atoms with Crippen LogP contribution in [0.15, 0.2) is 71.0 Å². The molecule has 3 aromatic rings. The number of hydrogen-bond acceptors (Lipinski definition) is 11. The fraction of sp³-hybridized carbons (Fsp3) is 0.258. The number of aliphatic hydroxyl groups is 1. The topological polar surface area (TPSA) is 183 Å². The van der Waals surface area contributed by atoms with Gasteiger partial charge < -0.3 is 34.7 Å². The van der Waals surface area contributed by atoms with Gasteiger partial charge in [0.25, 0.3) is 5.69 Å². The minimum absolute atomic E-state index is 0.00183. The number of hydrazone groups is 1. The number of esters is 1. The van der Waals surface area contributed by atoms with Crippen LogP contribution in [0.3, 0.4) is 0 Å². The Balaban J connectivity index is 1.37. The van der Waals surface area contributed by atoms with E-state index in [0.29, 0.717) is 40.7 Å². The van der Waals surface area contributed by atoms with Crippen LogP contribution >= 0.6 is 45.2 Å². The zero-order valence-corrected chi connectivity index (χ0v) is 29.7. The molecule has 0 unspecified atom stereocenters. The summed E-state index contributed by atoms with van der Waals surface area (Å²) in [4.78, 5) is 35.2. The average Bonchev–Trinajstić information content (AvgIpc) is 3.03. The van der Waals surface area contributed by atoms with Crippen LogP contribution in [-0.2, 0) is 16.1 Å². The Kier molecular flexibility index (Phi) is 12.6. The molecule has 14 nitrogen and oxygen atoms in total. The molecule has 0 saturated carbocycles. The second-order valence-electron chi connectivity index (χ2n) is 9.94. The number of allylic oxidation sites excluding steroid dienone is 1. The molecule has 0 spiro atoms. The van der Waals surface area contributed by atoms with Gasteiger partial charge in [0.15, 0.2) is 17.7 Å². The van der Waals surface area contributed by atoms with E-state index in [1.54, 1.807) is 50.4 Å². The number of rotatable bonds is 14. The first-order valence-corrected chi connectivity index (χ1v) is 16.2. The Morgan fingerprint density at radius 3 is 2.55 bits per heavy atom. The van der Waals surface area contributed by atoms with E-state index in [1.807, 2.05) is 12.1 Å². The van der Waals surface area contributed by atoms with Gasteiger partial charge in [-0.3, -0.25) is 15.5 Å². The minimum Gasteiger partial charge on any atom is -0.490 e. The molecule has 0 radical (unpaired) electrons. The third kappa shape index (κ3) is 9.44. The maximum Gasteiger partial charge on any atom is 0.337 e. The molecular weight excluding hydrogens is 840 g/mol. The van der Waals surface area contributed by atoms with Crippen LogP contribution in [0.4, 0.5) is 10.5 Å². The number of nitrogens with zero attached hydrogens (tertiary/aromatic N) is 2. The van der Waals surface area contributed by atoms with Crippen LogP contribution in [0.25, 0.3) is 0 Å². The number of halogens is 2. The van der Waals surface area contributed by atoms with Crippen molar-refractivity contribution >= 4 is 69.1 Å². The van der Waals surface area contributed by atoms with Gasteiger partial charge in [0.05, 0.1) is 43.6 Å². The van der Waals surface area contributed by atoms with E-state index >= 15 is 0 Å². The van der Waals surface area contributed by atoms with Crippen LogP contribution < -0.4 is 30.3 Å². The van der Waals surface area contributed by atoms with Crippen molar-refractivity contribution in [2.24, 2.45) is 5.10 Å². The summed E-state index contributed by atoms with van der Waals surface area (Å²) in [6.45, 7) is 3.73. The Labute approximate surface area is 297 Å². The number of non-ortho nitro benzene ring substituents is 1.